The summed E-state index contributed by atoms with van der Waals surface area (Å²) in [5.41, 5.74) is 2.23. The van der Waals surface area contributed by atoms with Gasteiger partial charge < -0.3 is 0 Å². The van der Waals surface area contributed by atoms with E-state index < -0.39 is 9.84 Å². The molecule has 0 N–H and O–H groups in total. The first kappa shape index (κ1) is 20.4. The largest absolute Gasteiger partial charge is 0.292 e. The number of hydrogen-bond acceptors (Lipinski definition) is 4. The summed E-state index contributed by atoms with van der Waals surface area (Å²) in [6.07, 6.45) is 1.51. The minimum absolute atomic E-state index is 0.0262. The standard InChI is InChI=1S/C22H20Cl2N2O2S/c23-19-8-4-17(5-9-19)22(18-6-10-20(24)11-7-18)26-13-16(14-26)15-29(27,28)21-3-1-2-12-25-21/h1-12,16,22H,13-15H2. The minimum atomic E-state index is -3.38. The Kier molecular flexibility index (Phi) is 5.93. The maximum atomic E-state index is 12.6. The quantitative estimate of drug-likeness (QED) is 0.540. The predicted octanol–water partition coefficient (Wildman–Crippen LogP) is 4.88. The van der Waals surface area contributed by atoms with Gasteiger partial charge in [0.1, 0.15) is 0 Å². The van der Waals surface area contributed by atoms with E-state index in [0.29, 0.717) is 23.1 Å². The van der Waals surface area contributed by atoms with Gasteiger partial charge in [-0.3, -0.25) is 4.90 Å². The number of rotatable bonds is 6. The highest BCUT2D eigenvalue weighted by Gasteiger charge is 2.37. The van der Waals surface area contributed by atoms with Crippen molar-refractivity contribution in [2.75, 3.05) is 18.8 Å². The molecule has 1 fully saturated rings. The first-order valence-electron chi connectivity index (χ1n) is 9.31. The van der Waals surface area contributed by atoms with Crippen LogP contribution in [0.3, 0.4) is 0 Å². The van der Waals surface area contributed by atoms with Crippen molar-refractivity contribution in [1.82, 2.24) is 9.88 Å². The van der Waals surface area contributed by atoms with E-state index in [1.165, 1.54) is 6.20 Å². The molecule has 29 heavy (non-hydrogen) atoms. The van der Waals surface area contributed by atoms with E-state index in [-0.39, 0.29) is 22.7 Å². The van der Waals surface area contributed by atoms with Crippen LogP contribution < -0.4 is 0 Å². The lowest BCUT2D eigenvalue weighted by Gasteiger charge is -2.44. The van der Waals surface area contributed by atoms with Crippen LogP contribution in [0, 0.1) is 5.92 Å². The molecule has 1 saturated heterocycles. The van der Waals surface area contributed by atoms with Gasteiger partial charge in [-0.1, -0.05) is 53.5 Å². The molecule has 1 aromatic heterocycles. The summed E-state index contributed by atoms with van der Waals surface area (Å²) in [4.78, 5) is 6.28. The van der Waals surface area contributed by atoms with Gasteiger partial charge in [0.05, 0.1) is 11.8 Å². The van der Waals surface area contributed by atoms with Crippen molar-refractivity contribution in [2.45, 2.75) is 11.1 Å². The van der Waals surface area contributed by atoms with Crippen LogP contribution >= 0.6 is 23.2 Å². The lowest BCUT2D eigenvalue weighted by molar-refractivity contribution is 0.0812. The molecule has 7 heteroatoms. The van der Waals surface area contributed by atoms with Crippen molar-refractivity contribution < 1.29 is 8.42 Å². The summed E-state index contributed by atoms with van der Waals surface area (Å²) < 4.78 is 25.2. The lowest BCUT2D eigenvalue weighted by Crippen LogP contribution is -2.51. The normalized spacial score (nSPS) is 15.4. The Hall–Kier alpha value is -1.92. The van der Waals surface area contributed by atoms with Crippen LogP contribution in [-0.4, -0.2) is 37.1 Å². The van der Waals surface area contributed by atoms with Crippen LogP contribution in [-0.2, 0) is 9.84 Å². The molecule has 0 spiro atoms. The van der Waals surface area contributed by atoms with E-state index >= 15 is 0 Å². The average molecular weight is 447 g/mol. The molecule has 4 nitrogen and oxygen atoms in total. The summed E-state index contributed by atoms with van der Waals surface area (Å²) in [5.74, 6) is 0.179. The SMILES string of the molecule is O=S(=O)(CC1CN(C(c2ccc(Cl)cc2)c2ccc(Cl)cc2)C1)c1ccccn1. The van der Waals surface area contributed by atoms with Crippen LogP contribution in [0.4, 0.5) is 0 Å². The fourth-order valence-electron chi connectivity index (χ4n) is 3.76. The molecular formula is C22H20Cl2N2O2S. The van der Waals surface area contributed by atoms with Crippen LogP contribution in [0.25, 0.3) is 0 Å². The Morgan fingerprint density at radius 3 is 1.93 bits per heavy atom. The van der Waals surface area contributed by atoms with Crippen molar-refractivity contribution >= 4 is 33.0 Å². The van der Waals surface area contributed by atoms with Crippen molar-refractivity contribution in [3.05, 3.63) is 94.1 Å². The third-order valence-corrected chi connectivity index (χ3v) is 7.43. The first-order valence-corrected chi connectivity index (χ1v) is 11.7. The summed E-state index contributed by atoms with van der Waals surface area (Å²) in [7, 11) is -3.38. The van der Waals surface area contributed by atoms with Gasteiger partial charge in [0.15, 0.2) is 14.9 Å². The number of hydrogen-bond donors (Lipinski definition) is 0. The van der Waals surface area contributed by atoms with Crippen molar-refractivity contribution in [2.24, 2.45) is 5.92 Å². The van der Waals surface area contributed by atoms with Crippen molar-refractivity contribution in [3.63, 3.8) is 0 Å². The molecule has 1 aliphatic rings. The average Bonchev–Trinajstić information content (AvgIpc) is 2.69. The van der Waals surface area contributed by atoms with E-state index in [4.69, 9.17) is 23.2 Å². The Morgan fingerprint density at radius 1 is 0.897 bits per heavy atom. The number of halogens is 2. The highest BCUT2D eigenvalue weighted by molar-refractivity contribution is 7.91. The van der Waals surface area contributed by atoms with Gasteiger partial charge >= 0.3 is 0 Å². The van der Waals surface area contributed by atoms with Gasteiger partial charge in [0.2, 0.25) is 0 Å². The van der Waals surface area contributed by atoms with E-state index in [0.717, 1.165) is 11.1 Å². The molecule has 0 bridgehead atoms. The Morgan fingerprint density at radius 2 is 1.45 bits per heavy atom. The van der Waals surface area contributed by atoms with Gasteiger partial charge in [0.25, 0.3) is 0 Å². The van der Waals surface area contributed by atoms with Gasteiger partial charge in [-0.25, -0.2) is 13.4 Å². The Bertz CT molecular complexity index is 1020. The summed E-state index contributed by atoms with van der Waals surface area (Å²) in [6.45, 7) is 1.39. The van der Waals surface area contributed by atoms with E-state index in [1.54, 1.807) is 18.2 Å². The maximum Gasteiger partial charge on any atom is 0.195 e. The molecule has 150 valence electrons. The zero-order valence-electron chi connectivity index (χ0n) is 15.6. The number of likely N-dealkylation sites (tertiary alicyclic amines) is 1. The Balaban J connectivity index is 1.52. The van der Waals surface area contributed by atoms with Gasteiger partial charge in [-0.2, -0.15) is 0 Å². The monoisotopic (exact) mass is 446 g/mol. The number of pyridine rings is 1. The van der Waals surface area contributed by atoms with E-state index in [1.807, 2.05) is 48.5 Å². The minimum Gasteiger partial charge on any atom is -0.292 e. The van der Waals surface area contributed by atoms with Gasteiger partial charge in [-0.15, -0.1) is 0 Å². The van der Waals surface area contributed by atoms with Gasteiger partial charge in [0, 0.05) is 29.3 Å². The van der Waals surface area contributed by atoms with Crippen molar-refractivity contribution in [3.8, 4) is 0 Å². The molecule has 2 aromatic carbocycles. The van der Waals surface area contributed by atoms with Crippen LogP contribution in [0.5, 0.6) is 0 Å². The van der Waals surface area contributed by atoms with E-state index in [2.05, 4.69) is 9.88 Å². The number of nitrogens with zero attached hydrogens (tertiary/aromatic N) is 2. The van der Waals surface area contributed by atoms with Crippen molar-refractivity contribution in [1.29, 1.82) is 0 Å². The fourth-order valence-corrected chi connectivity index (χ4v) is 5.52. The summed E-state index contributed by atoms with van der Waals surface area (Å²) in [6, 6.07) is 20.6. The molecule has 1 aliphatic heterocycles. The highest BCUT2D eigenvalue weighted by Crippen LogP contribution is 2.36. The molecule has 0 amide bonds. The number of sulfone groups is 1. The number of aromatic nitrogens is 1. The molecule has 0 radical (unpaired) electrons. The third kappa shape index (κ3) is 4.64. The zero-order valence-corrected chi connectivity index (χ0v) is 17.9. The smallest absolute Gasteiger partial charge is 0.195 e. The van der Waals surface area contributed by atoms with E-state index in [9.17, 15) is 8.42 Å². The molecule has 0 unspecified atom stereocenters. The Labute approximate surface area is 181 Å². The van der Waals surface area contributed by atoms with Gasteiger partial charge in [-0.05, 0) is 53.4 Å². The van der Waals surface area contributed by atoms with Crippen LogP contribution in [0.1, 0.15) is 17.2 Å². The second-order valence-electron chi connectivity index (χ2n) is 7.27. The van der Waals surface area contributed by atoms with Crippen LogP contribution in [0.15, 0.2) is 78.0 Å². The summed E-state index contributed by atoms with van der Waals surface area (Å²) >= 11 is 12.1. The lowest BCUT2D eigenvalue weighted by atomic mass is 9.91. The maximum absolute atomic E-state index is 12.6. The number of benzene rings is 2. The second kappa shape index (κ2) is 8.44. The molecule has 3 aromatic rings. The second-order valence-corrected chi connectivity index (χ2v) is 10.1. The molecule has 2 heterocycles. The molecular weight excluding hydrogens is 427 g/mol. The topological polar surface area (TPSA) is 50.3 Å². The summed E-state index contributed by atoms with van der Waals surface area (Å²) in [5, 5.41) is 1.52. The molecule has 0 saturated carbocycles. The highest BCUT2D eigenvalue weighted by atomic mass is 35.5. The third-order valence-electron chi connectivity index (χ3n) is 5.13. The predicted molar refractivity (Wildman–Crippen MR) is 116 cm³/mol. The fraction of sp³-hybridized carbons (Fsp3) is 0.227. The van der Waals surface area contributed by atoms with Crippen LogP contribution in [0.2, 0.25) is 10.0 Å². The first-order chi connectivity index (χ1) is 13.9. The molecule has 0 atom stereocenters. The molecule has 4 rings (SSSR count). The molecule has 0 aliphatic carbocycles. The zero-order chi connectivity index (χ0) is 20.4.